The fourth-order valence-corrected chi connectivity index (χ4v) is 3.33. The van der Waals surface area contributed by atoms with Crippen molar-refractivity contribution in [1.29, 1.82) is 0 Å². The van der Waals surface area contributed by atoms with E-state index in [9.17, 15) is 38.4 Å². The minimum absolute atomic E-state index is 0. The predicted molar refractivity (Wildman–Crippen MR) is 228 cm³/mol. The van der Waals surface area contributed by atoms with Gasteiger partial charge in [0.1, 0.15) is 28.9 Å². The van der Waals surface area contributed by atoms with Gasteiger partial charge < -0.3 is 89.7 Å². The van der Waals surface area contributed by atoms with Crippen LogP contribution >= 0.6 is 0 Å². The Hall–Kier alpha value is -5.12. The van der Waals surface area contributed by atoms with Crippen LogP contribution in [0.3, 0.4) is 0 Å². The van der Waals surface area contributed by atoms with Crippen molar-refractivity contribution in [1.82, 2.24) is 21.3 Å². The largest absolute Gasteiger partial charge is 0.480 e. The number of ether oxygens (including phenoxy) is 10. The standard InChI is InChI=1S/C10H19NO5.C9H17NO5.C8H15NO5.C6H13NO3.C5H11NO3.H2/c1-10(2,3)16-9(13)11-7(6-14-4)8(12)15-5;1-9(2,3)15-8(13)10-6(5-14-4)7(11)12;1-8(2,3)14-7(13)9-5(4-10)6(11)12;1-7-5(4-9-2)6(8)10-3;1-8-3-4(6)5(7)9-2;/h7H,6H2,1-5H3,(H,11,13);6H,5H2,1-4H3,(H,10,13)(H,11,12);5,10H,4H2,1-3H3,(H,9,13)(H,11,12);5,7H,4H2,1-3H3;4H,3,6H2,1-2H3;1H/i;;;;;1+1. The molecule has 0 aromatic rings. The summed E-state index contributed by atoms with van der Waals surface area (Å²) in [5.74, 6) is -3.80. The number of aliphatic carboxylic acids is 2. The zero-order valence-electron chi connectivity index (χ0n) is 40.2. The molecule has 26 heteroatoms. The molecule has 0 aromatic heterocycles. The number of methoxy groups -OCH3 is 7. The number of likely N-dealkylation sites (N-methyl/N-ethyl adjacent to an activating group) is 1. The third kappa shape index (κ3) is 43.5. The first-order chi connectivity index (χ1) is 29.3. The number of carboxylic acid groups (broad SMARTS) is 2. The first-order valence-corrected chi connectivity index (χ1v) is 19.0. The number of carboxylic acids is 2. The lowest BCUT2D eigenvalue weighted by Gasteiger charge is -2.22. The number of alkyl carbamates (subject to hydrolysis) is 3. The summed E-state index contributed by atoms with van der Waals surface area (Å²) in [6, 6.07) is -4.28. The van der Waals surface area contributed by atoms with Crippen molar-refractivity contribution in [3.63, 3.8) is 0 Å². The highest BCUT2D eigenvalue weighted by Gasteiger charge is 2.26. The van der Waals surface area contributed by atoms with Gasteiger partial charge >= 0.3 is 48.1 Å². The average molecular weight is 941 g/mol. The highest BCUT2D eigenvalue weighted by molar-refractivity contribution is 5.82. The van der Waals surface area contributed by atoms with Crippen LogP contribution in [0.4, 0.5) is 14.4 Å². The lowest BCUT2D eigenvalue weighted by atomic mass is 10.2. The van der Waals surface area contributed by atoms with Crippen LogP contribution in [-0.2, 0) is 71.3 Å². The number of rotatable bonds is 18. The van der Waals surface area contributed by atoms with Gasteiger partial charge in [-0.3, -0.25) is 9.59 Å². The van der Waals surface area contributed by atoms with Crippen LogP contribution in [0.2, 0.25) is 0 Å². The predicted octanol–water partition coefficient (Wildman–Crippen LogP) is 0.0393. The number of nitrogens with one attached hydrogen (secondary N) is 4. The molecule has 0 rings (SSSR count). The van der Waals surface area contributed by atoms with Crippen molar-refractivity contribution in [2.24, 2.45) is 5.73 Å². The quantitative estimate of drug-likeness (QED) is 0.0664. The Labute approximate surface area is 376 Å². The highest BCUT2D eigenvalue weighted by atomic mass is 16.6. The molecule has 0 heterocycles. The van der Waals surface area contributed by atoms with Crippen LogP contribution in [0.25, 0.3) is 0 Å². The van der Waals surface area contributed by atoms with Crippen molar-refractivity contribution in [2.45, 2.75) is 109 Å². The molecule has 0 aliphatic carbocycles. The van der Waals surface area contributed by atoms with E-state index in [0.717, 1.165) is 0 Å². The molecular formula is C38H77N5O21. The lowest BCUT2D eigenvalue weighted by molar-refractivity contribution is -0.145. The van der Waals surface area contributed by atoms with E-state index in [0.29, 0.717) is 6.61 Å². The summed E-state index contributed by atoms with van der Waals surface area (Å²) in [6.07, 6.45) is -2.31. The van der Waals surface area contributed by atoms with E-state index in [2.05, 4.69) is 39.6 Å². The van der Waals surface area contributed by atoms with Crippen LogP contribution in [0.15, 0.2) is 0 Å². The normalized spacial score (nSPS) is 12.9. The van der Waals surface area contributed by atoms with E-state index >= 15 is 0 Å². The van der Waals surface area contributed by atoms with Crippen LogP contribution in [0.1, 0.15) is 63.7 Å². The van der Waals surface area contributed by atoms with Crippen LogP contribution in [0, 0.1) is 0 Å². The second kappa shape index (κ2) is 37.3. The molecule has 0 aromatic carbocycles. The van der Waals surface area contributed by atoms with Crippen molar-refractivity contribution in [3.8, 4) is 0 Å². The Balaban J connectivity index is -0.000000169. The fraction of sp³-hybridized carbons (Fsp3) is 0.789. The molecule has 3 amide bonds. The topological polar surface area (TPSA) is 364 Å². The smallest absolute Gasteiger partial charge is 0.408 e. The van der Waals surface area contributed by atoms with Gasteiger partial charge in [0.25, 0.3) is 0 Å². The Morgan fingerprint density at radius 3 is 1.03 bits per heavy atom. The van der Waals surface area contributed by atoms with Crippen LogP contribution < -0.4 is 27.0 Å². The molecule has 0 spiro atoms. The van der Waals surface area contributed by atoms with Crippen LogP contribution in [0.5, 0.6) is 0 Å². The summed E-state index contributed by atoms with van der Waals surface area (Å²) < 4.78 is 46.8. The maximum atomic E-state index is 11.4. The van der Waals surface area contributed by atoms with E-state index in [1.54, 1.807) is 69.4 Å². The van der Waals surface area contributed by atoms with Gasteiger partial charge in [-0.15, -0.1) is 0 Å². The van der Waals surface area contributed by atoms with E-state index in [1.165, 1.54) is 49.8 Å². The molecule has 0 aliphatic heterocycles. The lowest BCUT2D eigenvalue weighted by Crippen LogP contribution is -2.46. The number of hydrogen-bond donors (Lipinski definition) is 8. The number of aliphatic hydroxyl groups is 1. The first-order valence-electron chi connectivity index (χ1n) is 19.0. The van der Waals surface area contributed by atoms with Gasteiger partial charge in [0.2, 0.25) is 0 Å². The minimum Gasteiger partial charge on any atom is -0.480 e. The SMILES string of the molecule is CC(C)(C)OC(=O)NC(CO)C(=O)O.CNC(COC)C(=O)OC.COCC(N)C(=O)OC.COCC(NC(=O)OC(C)(C)C)C(=O)O.COCC(NC(=O)OC(C)(C)C)C(=O)OC.[2HH]. The summed E-state index contributed by atoms with van der Waals surface area (Å²) in [5, 5.41) is 35.1. The Bertz CT molecular complexity index is 1360. The highest BCUT2D eigenvalue weighted by Crippen LogP contribution is 2.08. The van der Waals surface area contributed by atoms with E-state index in [-0.39, 0.29) is 33.3 Å². The number of amides is 3. The summed E-state index contributed by atoms with van der Waals surface area (Å²) in [7, 11) is 11.3. The monoisotopic (exact) mass is 941 g/mol. The van der Waals surface area contributed by atoms with E-state index < -0.39 is 89.7 Å². The second-order valence-corrected chi connectivity index (χ2v) is 15.3. The molecule has 26 nitrogen and oxygen atoms in total. The van der Waals surface area contributed by atoms with Crippen molar-refractivity contribution in [2.75, 3.05) is 89.9 Å². The van der Waals surface area contributed by atoms with Crippen molar-refractivity contribution >= 4 is 48.1 Å². The van der Waals surface area contributed by atoms with E-state index in [1.807, 2.05) is 5.32 Å². The molecule has 64 heavy (non-hydrogen) atoms. The molecule has 5 atom stereocenters. The first kappa shape index (κ1) is 67.9. The van der Waals surface area contributed by atoms with Crippen LogP contribution in [-0.4, -0.2) is 200 Å². The molecule has 0 saturated carbocycles. The number of carbonyl (C=O) groups excluding carboxylic acids is 6. The van der Waals surface area contributed by atoms with Crippen molar-refractivity contribution in [3.05, 3.63) is 0 Å². The van der Waals surface area contributed by atoms with Gasteiger partial charge in [-0.25, -0.2) is 28.8 Å². The van der Waals surface area contributed by atoms with Gasteiger partial charge in [0.05, 0.1) is 54.4 Å². The third-order valence-electron chi connectivity index (χ3n) is 6.02. The Kier molecular flexibility index (Phi) is 39.6. The number of nitrogens with two attached hydrogens (primary N) is 1. The zero-order valence-corrected chi connectivity index (χ0v) is 40.2. The second-order valence-electron chi connectivity index (χ2n) is 15.3. The fourth-order valence-electron chi connectivity index (χ4n) is 3.33. The maximum absolute atomic E-state index is 11.4. The summed E-state index contributed by atoms with van der Waals surface area (Å²) >= 11 is 0. The van der Waals surface area contributed by atoms with E-state index in [4.69, 9.17) is 44.7 Å². The van der Waals surface area contributed by atoms with Gasteiger partial charge in [-0.05, 0) is 69.4 Å². The summed E-state index contributed by atoms with van der Waals surface area (Å²) in [5.41, 5.74) is 3.28. The molecular weight excluding hydrogens is 862 g/mol. The summed E-state index contributed by atoms with van der Waals surface area (Å²) in [6.45, 7) is 15.0. The molecule has 5 unspecified atom stereocenters. The Morgan fingerprint density at radius 1 is 0.484 bits per heavy atom. The maximum Gasteiger partial charge on any atom is 0.408 e. The number of carbonyl (C=O) groups is 8. The molecule has 0 bridgehead atoms. The Morgan fingerprint density at radius 2 is 0.766 bits per heavy atom. The molecule has 0 aliphatic rings. The molecule has 380 valence electrons. The van der Waals surface area contributed by atoms with Gasteiger partial charge in [-0.1, -0.05) is 0 Å². The number of esters is 3. The van der Waals surface area contributed by atoms with Gasteiger partial charge in [-0.2, -0.15) is 0 Å². The number of aliphatic hydroxyl groups excluding tert-OH is 1. The molecule has 0 saturated heterocycles. The average Bonchev–Trinajstić information content (AvgIpc) is 3.16. The van der Waals surface area contributed by atoms with Gasteiger partial charge in [0.15, 0.2) is 18.1 Å². The van der Waals surface area contributed by atoms with Gasteiger partial charge in [0, 0.05) is 29.9 Å². The molecule has 9 N–H and O–H groups in total. The molecule has 0 fully saturated rings. The third-order valence-corrected chi connectivity index (χ3v) is 6.02. The summed E-state index contributed by atoms with van der Waals surface area (Å²) in [4.78, 5) is 87.1. The number of hydrogen-bond acceptors (Lipinski definition) is 21. The minimum atomic E-state index is -1.33. The van der Waals surface area contributed by atoms with Crippen molar-refractivity contribution < 1.29 is 102 Å². The zero-order chi connectivity index (χ0) is 51.4. The molecule has 0 radical (unpaired) electrons.